The van der Waals surface area contributed by atoms with Gasteiger partial charge in [0.15, 0.2) is 0 Å². The van der Waals surface area contributed by atoms with Gasteiger partial charge in [-0.1, -0.05) is 6.08 Å². The number of rotatable bonds is 6. The van der Waals surface area contributed by atoms with Gasteiger partial charge in [0.1, 0.15) is 17.8 Å². The molecule has 0 saturated carbocycles. The van der Waals surface area contributed by atoms with Crippen molar-refractivity contribution < 1.29 is 23.9 Å². The van der Waals surface area contributed by atoms with Gasteiger partial charge in [0, 0.05) is 31.2 Å². The number of piperazine rings is 1. The van der Waals surface area contributed by atoms with Crippen LogP contribution in [0.2, 0.25) is 0 Å². The fourth-order valence-corrected chi connectivity index (χ4v) is 4.60. The highest BCUT2D eigenvalue weighted by molar-refractivity contribution is 5.98. The fourth-order valence-electron chi connectivity index (χ4n) is 4.60. The number of carbonyl (C=O) groups excluding carboxylic acids is 3. The van der Waals surface area contributed by atoms with E-state index in [0.717, 1.165) is 0 Å². The maximum Gasteiger partial charge on any atom is 0.319 e. The molecule has 3 saturated heterocycles. The summed E-state index contributed by atoms with van der Waals surface area (Å²) in [5, 5.41) is 5.72. The standard InChI is InChI=1S/C22H28N4O5/c1-3-10-31-17-12-19-20(27)25-9-8-15(11-18(25)21(28)26(19)13-17)24-22(29)23-14-4-6-16(30-2)7-5-14/h3-7,15,17-19H,1,8-13H2,2H3,(H2,23,24,29)/t15-,17+,18-,19-/m0/s1. The molecule has 0 unspecified atom stereocenters. The topological polar surface area (TPSA) is 100 Å². The van der Waals surface area contributed by atoms with E-state index >= 15 is 0 Å². The van der Waals surface area contributed by atoms with E-state index < -0.39 is 12.1 Å². The zero-order valence-electron chi connectivity index (χ0n) is 17.6. The zero-order chi connectivity index (χ0) is 22.0. The first-order valence-corrected chi connectivity index (χ1v) is 10.5. The Morgan fingerprint density at radius 1 is 1.16 bits per heavy atom. The molecule has 4 atom stereocenters. The third-order valence-corrected chi connectivity index (χ3v) is 6.13. The Morgan fingerprint density at radius 2 is 1.87 bits per heavy atom. The molecule has 3 heterocycles. The quantitative estimate of drug-likeness (QED) is 0.667. The second kappa shape index (κ2) is 8.97. The van der Waals surface area contributed by atoms with Crippen LogP contribution in [0, 0.1) is 0 Å². The molecule has 4 amide bonds. The molecule has 166 valence electrons. The molecule has 9 heteroatoms. The first kappa shape index (κ1) is 21.2. The summed E-state index contributed by atoms with van der Waals surface area (Å²) in [5.41, 5.74) is 0.644. The molecule has 4 rings (SSSR count). The molecule has 2 N–H and O–H groups in total. The highest BCUT2D eigenvalue weighted by atomic mass is 16.5. The van der Waals surface area contributed by atoms with E-state index in [1.54, 1.807) is 47.3 Å². The number of hydrogen-bond donors (Lipinski definition) is 2. The molecule has 0 bridgehead atoms. The Kier molecular flexibility index (Phi) is 6.13. The van der Waals surface area contributed by atoms with Crippen LogP contribution in [0.3, 0.4) is 0 Å². The van der Waals surface area contributed by atoms with Gasteiger partial charge in [-0.05, 0) is 37.1 Å². The van der Waals surface area contributed by atoms with Crippen molar-refractivity contribution in [2.24, 2.45) is 0 Å². The molecule has 3 aliphatic heterocycles. The minimum Gasteiger partial charge on any atom is -0.497 e. The van der Waals surface area contributed by atoms with Gasteiger partial charge >= 0.3 is 6.03 Å². The largest absolute Gasteiger partial charge is 0.497 e. The highest BCUT2D eigenvalue weighted by Crippen LogP contribution is 2.32. The molecular weight excluding hydrogens is 400 g/mol. The molecule has 0 aliphatic carbocycles. The first-order chi connectivity index (χ1) is 15.0. The van der Waals surface area contributed by atoms with E-state index in [1.165, 1.54) is 0 Å². The predicted octanol–water partition coefficient (Wildman–Crippen LogP) is 1.36. The summed E-state index contributed by atoms with van der Waals surface area (Å²) in [7, 11) is 1.58. The number of hydrogen-bond acceptors (Lipinski definition) is 5. The lowest BCUT2D eigenvalue weighted by Gasteiger charge is -2.46. The monoisotopic (exact) mass is 428 g/mol. The Hall–Kier alpha value is -3.07. The van der Waals surface area contributed by atoms with Crippen LogP contribution in [-0.2, 0) is 14.3 Å². The number of piperidine rings is 1. The number of carbonyl (C=O) groups is 3. The van der Waals surface area contributed by atoms with E-state index in [0.29, 0.717) is 50.4 Å². The number of ether oxygens (including phenoxy) is 2. The van der Waals surface area contributed by atoms with Crippen LogP contribution in [0.5, 0.6) is 5.75 Å². The van der Waals surface area contributed by atoms with Crippen LogP contribution in [0.25, 0.3) is 0 Å². The second-order valence-corrected chi connectivity index (χ2v) is 8.08. The van der Waals surface area contributed by atoms with Crippen LogP contribution in [0.15, 0.2) is 36.9 Å². The lowest BCUT2D eigenvalue weighted by molar-refractivity contribution is -0.161. The lowest BCUT2D eigenvalue weighted by atomic mass is 9.92. The maximum absolute atomic E-state index is 13.1. The molecule has 1 aromatic carbocycles. The van der Waals surface area contributed by atoms with Crippen molar-refractivity contribution in [3.8, 4) is 5.75 Å². The summed E-state index contributed by atoms with van der Waals surface area (Å²) in [6.45, 7) is 4.91. The van der Waals surface area contributed by atoms with Crippen molar-refractivity contribution in [3.63, 3.8) is 0 Å². The maximum atomic E-state index is 13.1. The molecule has 9 nitrogen and oxygen atoms in total. The number of benzene rings is 1. The number of nitrogens with zero attached hydrogens (tertiary/aromatic N) is 2. The van der Waals surface area contributed by atoms with E-state index in [9.17, 15) is 14.4 Å². The molecule has 3 fully saturated rings. The summed E-state index contributed by atoms with van der Waals surface area (Å²) in [5.74, 6) is 0.628. The van der Waals surface area contributed by atoms with Gasteiger partial charge in [-0.15, -0.1) is 6.58 Å². The molecule has 1 aromatic rings. The molecule has 0 radical (unpaired) electrons. The molecule has 3 aliphatic rings. The summed E-state index contributed by atoms with van der Waals surface area (Å²) < 4.78 is 10.8. The Morgan fingerprint density at radius 3 is 2.58 bits per heavy atom. The third kappa shape index (κ3) is 4.36. The number of methoxy groups -OCH3 is 1. The van der Waals surface area contributed by atoms with Gasteiger partial charge in [-0.3, -0.25) is 9.59 Å². The smallest absolute Gasteiger partial charge is 0.319 e. The Balaban J connectivity index is 1.35. The highest BCUT2D eigenvalue weighted by Gasteiger charge is 2.52. The summed E-state index contributed by atoms with van der Waals surface area (Å²) in [4.78, 5) is 41.8. The predicted molar refractivity (Wildman–Crippen MR) is 114 cm³/mol. The van der Waals surface area contributed by atoms with Crippen LogP contribution in [0.4, 0.5) is 10.5 Å². The van der Waals surface area contributed by atoms with Crippen molar-refractivity contribution in [2.75, 3.05) is 32.1 Å². The fraction of sp³-hybridized carbons (Fsp3) is 0.500. The number of nitrogens with one attached hydrogen (secondary N) is 2. The number of fused-ring (bicyclic) bond motifs is 2. The number of urea groups is 1. The van der Waals surface area contributed by atoms with Crippen LogP contribution in [-0.4, -0.2) is 78.7 Å². The summed E-state index contributed by atoms with van der Waals surface area (Å²) >= 11 is 0. The number of amides is 4. The molecule has 0 aromatic heterocycles. The van der Waals surface area contributed by atoms with Gasteiger partial charge in [0.25, 0.3) is 0 Å². The minimum absolute atomic E-state index is 0.0181. The van der Waals surface area contributed by atoms with Crippen LogP contribution in [0.1, 0.15) is 19.3 Å². The van der Waals surface area contributed by atoms with E-state index in [4.69, 9.17) is 9.47 Å². The zero-order valence-corrected chi connectivity index (χ0v) is 17.6. The average Bonchev–Trinajstić information content (AvgIpc) is 3.21. The second-order valence-electron chi connectivity index (χ2n) is 8.08. The first-order valence-electron chi connectivity index (χ1n) is 10.5. The van der Waals surface area contributed by atoms with Gasteiger partial charge in [-0.25, -0.2) is 4.79 Å². The number of anilines is 1. The average molecular weight is 428 g/mol. The minimum atomic E-state index is -0.540. The van der Waals surface area contributed by atoms with Crippen molar-refractivity contribution in [1.82, 2.24) is 15.1 Å². The van der Waals surface area contributed by atoms with Crippen molar-refractivity contribution in [3.05, 3.63) is 36.9 Å². The Bertz CT molecular complexity index is 858. The van der Waals surface area contributed by atoms with Crippen molar-refractivity contribution >= 4 is 23.5 Å². The van der Waals surface area contributed by atoms with E-state index in [2.05, 4.69) is 17.2 Å². The van der Waals surface area contributed by atoms with Crippen molar-refractivity contribution in [1.29, 1.82) is 0 Å². The lowest BCUT2D eigenvalue weighted by Crippen LogP contribution is -2.66. The van der Waals surface area contributed by atoms with Gasteiger partial charge in [-0.2, -0.15) is 0 Å². The summed E-state index contributed by atoms with van der Waals surface area (Å²) in [6.07, 6.45) is 3.04. The van der Waals surface area contributed by atoms with E-state index in [-0.39, 0.29) is 30.0 Å². The van der Waals surface area contributed by atoms with Crippen LogP contribution >= 0.6 is 0 Å². The van der Waals surface area contributed by atoms with Gasteiger partial charge in [0.2, 0.25) is 11.8 Å². The SMILES string of the molecule is C=CCO[C@@H]1C[C@H]2C(=O)N3CC[C@H](NC(=O)Nc4ccc(OC)cc4)C[C@H]3C(=O)N2C1. The molecule has 0 spiro atoms. The molecule has 31 heavy (non-hydrogen) atoms. The molecular formula is C22H28N4O5. The van der Waals surface area contributed by atoms with Crippen LogP contribution < -0.4 is 15.4 Å². The summed E-state index contributed by atoms with van der Waals surface area (Å²) in [6, 6.07) is 5.52. The van der Waals surface area contributed by atoms with Crippen molar-refractivity contribution in [2.45, 2.75) is 43.5 Å². The van der Waals surface area contributed by atoms with E-state index in [1.807, 2.05) is 0 Å². The normalized spacial score (nSPS) is 27.4. The Labute approximate surface area is 181 Å². The van der Waals surface area contributed by atoms with Gasteiger partial charge in [0.05, 0.1) is 19.8 Å². The third-order valence-electron chi connectivity index (χ3n) is 6.13. The van der Waals surface area contributed by atoms with Gasteiger partial charge < -0.3 is 29.9 Å².